The van der Waals surface area contributed by atoms with E-state index in [1.165, 1.54) is 0 Å². The van der Waals surface area contributed by atoms with E-state index in [1.54, 1.807) is 0 Å². The fourth-order valence-electron chi connectivity index (χ4n) is 5.78. The van der Waals surface area contributed by atoms with Gasteiger partial charge in [0, 0.05) is 37.6 Å². The summed E-state index contributed by atoms with van der Waals surface area (Å²) in [5.41, 5.74) is 21.7. The van der Waals surface area contributed by atoms with Crippen LogP contribution in [-0.2, 0) is 23.7 Å². The van der Waals surface area contributed by atoms with Gasteiger partial charge in [0.2, 0.25) is 0 Å². The van der Waals surface area contributed by atoms with Crippen LogP contribution in [0.25, 0.3) is 0 Å². The van der Waals surface area contributed by atoms with Gasteiger partial charge in [0.1, 0.15) is 61.0 Å². The lowest BCUT2D eigenvalue weighted by atomic mass is 9.83. The van der Waals surface area contributed by atoms with Crippen molar-refractivity contribution >= 4 is 5.91 Å². The Kier molecular flexibility index (Phi) is 12.1. The summed E-state index contributed by atoms with van der Waals surface area (Å²) in [6, 6.07) is -4.98. The SMILES string of the molecule is NC(CO)CNCC1OC(OC2C(N)CC(NC(=O)C3(O)CC3N)C(OC3OC(CO)C(O)C(N)C3O)C2O)C(O)C(O)C1O. The number of nitrogens with one attached hydrogen (secondary N) is 2. The van der Waals surface area contributed by atoms with Crippen LogP contribution < -0.4 is 33.6 Å². The average Bonchev–Trinajstić information content (AvgIpc) is 3.64. The van der Waals surface area contributed by atoms with Gasteiger partial charge >= 0.3 is 0 Å². The molecule has 45 heavy (non-hydrogen) atoms. The lowest BCUT2D eigenvalue weighted by Crippen LogP contribution is -2.69. The second kappa shape index (κ2) is 14.9. The number of ether oxygens (including phenoxy) is 4. The lowest BCUT2D eigenvalue weighted by molar-refractivity contribution is -0.333. The third-order valence-electron chi connectivity index (χ3n) is 8.89. The topological polar surface area (TPSA) is 364 Å². The van der Waals surface area contributed by atoms with Crippen molar-refractivity contribution in [1.82, 2.24) is 10.6 Å². The molecule has 0 bridgehead atoms. The molecular weight excluding hydrogens is 608 g/mol. The van der Waals surface area contributed by atoms with Gasteiger partial charge in [0.25, 0.3) is 5.91 Å². The second-order valence-electron chi connectivity index (χ2n) is 12.3. The monoisotopic (exact) mass is 656 g/mol. The molecule has 19 N–H and O–H groups in total. The maximum Gasteiger partial charge on any atom is 0.253 e. The summed E-state index contributed by atoms with van der Waals surface area (Å²) in [5, 5.41) is 98.5. The molecule has 262 valence electrons. The number of carbonyl (C=O) groups is 1. The molecule has 18 unspecified atom stereocenters. The highest BCUT2D eigenvalue weighted by Crippen LogP contribution is 2.36. The zero-order chi connectivity index (χ0) is 33.4. The van der Waals surface area contributed by atoms with Gasteiger partial charge in [-0.05, 0) is 6.42 Å². The van der Waals surface area contributed by atoms with E-state index in [0.29, 0.717) is 0 Å². The normalized spacial score (nSPS) is 49.4. The highest BCUT2D eigenvalue weighted by molar-refractivity contribution is 5.89. The van der Waals surface area contributed by atoms with Gasteiger partial charge in [0.15, 0.2) is 18.2 Å². The number of hydrogen-bond donors (Lipinski definition) is 15. The first-order valence-electron chi connectivity index (χ1n) is 14.8. The molecule has 4 aliphatic rings. The third kappa shape index (κ3) is 7.74. The quantitative estimate of drug-likeness (QED) is 0.0926. The van der Waals surface area contributed by atoms with Gasteiger partial charge in [-0.3, -0.25) is 4.79 Å². The number of carbonyl (C=O) groups excluding carboxylic acids is 1. The van der Waals surface area contributed by atoms with Gasteiger partial charge in [-0.25, -0.2) is 0 Å². The minimum atomic E-state index is -1.86. The molecule has 2 saturated heterocycles. The first-order valence-corrected chi connectivity index (χ1v) is 14.8. The molecule has 0 aromatic carbocycles. The zero-order valence-corrected chi connectivity index (χ0v) is 24.4. The van der Waals surface area contributed by atoms with Gasteiger partial charge in [-0.15, -0.1) is 0 Å². The van der Waals surface area contributed by atoms with E-state index in [0.717, 1.165) is 0 Å². The van der Waals surface area contributed by atoms with Gasteiger partial charge in [-0.2, -0.15) is 0 Å². The molecule has 20 heteroatoms. The molecule has 2 aliphatic carbocycles. The van der Waals surface area contributed by atoms with E-state index in [1.807, 2.05) is 0 Å². The third-order valence-corrected chi connectivity index (χ3v) is 8.89. The maximum absolute atomic E-state index is 12.9. The molecule has 0 radical (unpaired) electrons. The standard InChI is InChI=1S/C25H48N6O14/c26-7(5-32)3-30-4-10-15(35)17(37)18(38)23(42-10)44-20-8(27)1-9(31-24(40)25(41)2-12(25)28)21(19(20)39)45-22-16(36)13(29)14(34)11(6-33)43-22/h7-23,30,32-39,41H,1-6,26-29H2,(H,31,40). The molecule has 1 amide bonds. The number of amides is 1. The van der Waals surface area contributed by atoms with Crippen LogP contribution in [0.3, 0.4) is 0 Å². The van der Waals surface area contributed by atoms with E-state index in [2.05, 4.69) is 10.6 Å². The van der Waals surface area contributed by atoms with Crippen molar-refractivity contribution in [3.63, 3.8) is 0 Å². The predicted molar refractivity (Wildman–Crippen MR) is 148 cm³/mol. The number of rotatable bonds is 12. The summed E-state index contributed by atoms with van der Waals surface area (Å²) in [6.45, 7) is -0.932. The summed E-state index contributed by atoms with van der Waals surface area (Å²) < 4.78 is 22.9. The van der Waals surface area contributed by atoms with Gasteiger partial charge < -0.3 is 98.5 Å². The lowest BCUT2D eigenvalue weighted by Gasteiger charge is -2.49. The van der Waals surface area contributed by atoms with Crippen molar-refractivity contribution in [3.05, 3.63) is 0 Å². The highest BCUT2D eigenvalue weighted by atomic mass is 16.7. The molecule has 4 rings (SSSR count). The molecule has 2 aliphatic heterocycles. The molecule has 0 spiro atoms. The first-order chi connectivity index (χ1) is 21.1. The molecule has 2 saturated carbocycles. The van der Waals surface area contributed by atoms with Crippen molar-refractivity contribution in [2.45, 2.75) is 122 Å². The van der Waals surface area contributed by atoms with Crippen molar-refractivity contribution < 1.29 is 69.7 Å². The van der Waals surface area contributed by atoms with E-state index < -0.39 is 122 Å². The fraction of sp³-hybridized carbons (Fsp3) is 0.960. The van der Waals surface area contributed by atoms with Gasteiger partial charge in [0.05, 0.1) is 25.3 Å². The van der Waals surface area contributed by atoms with E-state index in [4.69, 9.17) is 47.0 Å². The molecular formula is C25H48N6O14. The number of aliphatic hydroxyl groups is 9. The van der Waals surface area contributed by atoms with Gasteiger partial charge in [-0.1, -0.05) is 0 Å². The van der Waals surface area contributed by atoms with Crippen LogP contribution in [-0.4, -0.2) is 188 Å². The number of hydrogen-bond acceptors (Lipinski definition) is 19. The maximum atomic E-state index is 12.9. The minimum Gasteiger partial charge on any atom is -0.395 e. The Balaban J connectivity index is 1.52. The smallest absolute Gasteiger partial charge is 0.253 e. The summed E-state index contributed by atoms with van der Waals surface area (Å²) in [4.78, 5) is 12.9. The van der Waals surface area contributed by atoms with Crippen LogP contribution in [0.2, 0.25) is 0 Å². The summed E-state index contributed by atoms with van der Waals surface area (Å²) >= 11 is 0. The summed E-state index contributed by atoms with van der Waals surface area (Å²) in [5.74, 6) is -0.864. The largest absolute Gasteiger partial charge is 0.395 e. The summed E-state index contributed by atoms with van der Waals surface area (Å²) in [7, 11) is 0. The zero-order valence-electron chi connectivity index (χ0n) is 24.4. The molecule has 0 aromatic heterocycles. The second-order valence-corrected chi connectivity index (χ2v) is 12.3. The van der Waals surface area contributed by atoms with Crippen LogP contribution in [0.4, 0.5) is 0 Å². The molecule has 20 nitrogen and oxygen atoms in total. The van der Waals surface area contributed by atoms with Crippen molar-refractivity contribution in [3.8, 4) is 0 Å². The highest BCUT2D eigenvalue weighted by Gasteiger charge is 2.59. The predicted octanol–water partition coefficient (Wildman–Crippen LogP) is -9.72. The average molecular weight is 657 g/mol. The van der Waals surface area contributed by atoms with Crippen LogP contribution in [0.1, 0.15) is 12.8 Å². The van der Waals surface area contributed by atoms with Crippen LogP contribution in [0.15, 0.2) is 0 Å². The fourth-order valence-corrected chi connectivity index (χ4v) is 5.78. The molecule has 4 fully saturated rings. The van der Waals surface area contributed by atoms with E-state index in [9.17, 15) is 45.6 Å². The Morgan fingerprint density at radius 2 is 1.47 bits per heavy atom. The molecule has 0 aromatic rings. The molecule has 2 heterocycles. The molecule has 18 atom stereocenters. The first kappa shape index (κ1) is 36.6. The Morgan fingerprint density at radius 1 is 0.867 bits per heavy atom. The van der Waals surface area contributed by atoms with E-state index in [-0.39, 0.29) is 32.5 Å². The van der Waals surface area contributed by atoms with Crippen LogP contribution in [0.5, 0.6) is 0 Å². The van der Waals surface area contributed by atoms with Crippen molar-refractivity contribution in [2.75, 3.05) is 26.3 Å². The Bertz CT molecular complexity index is 991. The van der Waals surface area contributed by atoms with Crippen molar-refractivity contribution in [1.29, 1.82) is 0 Å². The summed E-state index contributed by atoms with van der Waals surface area (Å²) in [6.07, 6.45) is -18.7. The number of aliphatic hydroxyl groups excluding tert-OH is 8. The Morgan fingerprint density at radius 3 is 2.07 bits per heavy atom. The Labute approximate surface area is 258 Å². The van der Waals surface area contributed by atoms with E-state index >= 15 is 0 Å². The van der Waals surface area contributed by atoms with Crippen LogP contribution in [0, 0.1) is 0 Å². The number of nitrogens with two attached hydrogens (primary N) is 4. The minimum absolute atomic E-state index is 0.0140. The Hall–Kier alpha value is -1.25. The van der Waals surface area contributed by atoms with Crippen molar-refractivity contribution in [2.24, 2.45) is 22.9 Å². The van der Waals surface area contributed by atoms with Crippen LogP contribution >= 0.6 is 0 Å².